The molecular weight excluding hydrogens is 294 g/mol. The van der Waals surface area contributed by atoms with Crippen LogP contribution in [-0.4, -0.2) is 34.6 Å². The molecule has 0 unspecified atom stereocenters. The van der Waals surface area contributed by atoms with Crippen LogP contribution in [0, 0.1) is 6.92 Å². The van der Waals surface area contributed by atoms with Crippen molar-refractivity contribution < 1.29 is 9.90 Å². The third kappa shape index (κ3) is 2.45. The van der Waals surface area contributed by atoms with Gasteiger partial charge in [-0.2, -0.15) is 0 Å². The summed E-state index contributed by atoms with van der Waals surface area (Å²) in [6.07, 6.45) is 1.82. The van der Waals surface area contributed by atoms with Crippen LogP contribution in [0.25, 0.3) is 0 Å². The number of hydrogen-bond donors (Lipinski definition) is 1. The quantitative estimate of drug-likeness (QED) is 0.912. The van der Waals surface area contributed by atoms with Crippen molar-refractivity contribution >= 4 is 21.8 Å². The van der Waals surface area contributed by atoms with E-state index in [1.165, 1.54) is 0 Å². The SMILES string of the molecule is Cc1cc(Br)cc(C(=O)N2CCC[C@]2(C)CO)c1. The van der Waals surface area contributed by atoms with Crippen LogP contribution in [0.5, 0.6) is 0 Å². The molecule has 1 aromatic rings. The Morgan fingerprint density at radius 2 is 2.22 bits per heavy atom. The maximum atomic E-state index is 12.5. The lowest BCUT2D eigenvalue weighted by Gasteiger charge is -2.33. The predicted octanol–water partition coefficient (Wildman–Crippen LogP) is 2.74. The standard InChI is InChI=1S/C14H18BrNO2/c1-10-6-11(8-12(15)7-10)13(18)16-5-3-4-14(16,2)9-17/h6-8,17H,3-5,9H2,1-2H3/t14-/m1/s1. The lowest BCUT2D eigenvalue weighted by atomic mass is 9.99. The van der Waals surface area contributed by atoms with Gasteiger partial charge in [-0.25, -0.2) is 0 Å². The Hall–Kier alpha value is -0.870. The maximum absolute atomic E-state index is 12.5. The van der Waals surface area contributed by atoms with Gasteiger partial charge in [-0.15, -0.1) is 0 Å². The molecule has 18 heavy (non-hydrogen) atoms. The van der Waals surface area contributed by atoms with E-state index in [0.717, 1.165) is 29.4 Å². The number of hydrogen-bond acceptors (Lipinski definition) is 2. The van der Waals surface area contributed by atoms with Crippen LogP contribution in [0.4, 0.5) is 0 Å². The van der Waals surface area contributed by atoms with E-state index in [4.69, 9.17) is 0 Å². The van der Waals surface area contributed by atoms with Crippen LogP contribution >= 0.6 is 15.9 Å². The van der Waals surface area contributed by atoms with Crippen molar-refractivity contribution in [2.75, 3.05) is 13.2 Å². The number of carbonyl (C=O) groups is 1. The zero-order chi connectivity index (χ0) is 13.3. The van der Waals surface area contributed by atoms with E-state index in [9.17, 15) is 9.90 Å². The number of halogens is 1. The van der Waals surface area contributed by atoms with Crippen LogP contribution in [0.3, 0.4) is 0 Å². The molecule has 0 saturated carbocycles. The number of benzene rings is 1. The summed E-state index contributed by atoms with van der Waals surface area (Å²) >= 11 is 3.42. The van der Waals surface area contributed by atoms with Gasteiger partial charge >= 0.3 is 0 Å². The number of carbonyl (C=O) groups excluding carboxylic acids is 1. The van der Waals surface area contributed by atoms with E-state index < -0.39 is 5.54 Å². The van der Waals surface area contributed by atoms with Gasteiger partial charge in [0.1, 0.15) is 0 Å². The topological polar surface area (TPSA) is 40.5 Å². The second-order valence-corrected chi connectivity index (χ2v) is 6.15. The lowest BCUT2D eigenvalue weighted by molar-refractivity contribution is 0.0473. The molecule has 1 aromatic carbocycles. The zero-order valence-electron chi connectivity index (χ0n) is 10.7. The molecule has 1 N–H and O–H groups in total. The summed E-state index contributed by atoms with van der Waals surface area (Å²) in [7, 11) is 0. The molecule has 1 aliphatic heterocycles. The number of aryl methyl sites for hydroxylation is 1. The monoisotopic (exact) mass is 311 g/mol. The minimum Gasteiger partial charge on any atom is -0.394 e. The van der Waals surface area contributed by atoms with Crippen LogP contribution in [0.15, 0.2) is 22.7 Å². The van der Waals surface area contributed by atoms with Crippen LogP contribution in [-0.2, 0) is 0 Å². The third-order valence-electron chi connectivity index (χ3n) is 3.62. The van der Waals surface area contributed by atoms with Crippen molar-refractivity contribution in [3.63, 3.8) is 0 Å². The molecule has 0 radical (unpaired) electrons. The van der Waals surface area contributed by atoms with Crippen molar-refractivity contribution in [2.45, 2.75) is 32.2 Å². The Morgan fingerprint density at radius 1 is 1.50 bits per heavy atom. The highest BCUT2D eigenvalue weighted by atomic mass is 79.9. The highest BCUT2D eigenvalue weighted by molar-refractivity contribution is 9.10. The van der Waals surface area contributed by atoms with Crippen molar-refractivity contribution in [3.8, 4) is 0 Å². The smallest absolute Gasteiger partial charge is 0.254 e. The van der Waals surface area contributed by atoms with Gasteiger partial charge in [0.15, 0.2) is 0 Å². The van der Waals surface area contributed by atoms with E-state index in [1.807, 2.05) is 32.0 Å². The molecule has 0 spiro atoms. The van der Waals surface area contributed by atoms with Crippen LogP contribution in [0.1, 0.15) is 35.7 Å². The van der Waals surface area contributed by atoms with Crippen LogP contribution in [0.2, 0.25) is 0 Å². The number of likely N-dealkylation sites (tertiary alicyclic amines) is 1. The summed E-state index contributed by atoms with van der Waals surface area (Å²) < 4.78 is 0.913. The summed E-state index contributed by atoms with van der Waals surface area (Å²) in [6, 6.07) is 5.71. The van der Waals surface area contributed by atoms with Gasteiger partial charge in [0.2, 0.25) is 0 Å². The lowest BCUT2D eigenvalue weighted by Crippen LogP contribution is -2.47. The van der Waals surface area contributed by atoms with E-state index in [0.29, 0.717) is 5.56 Å². The fourth-order valence-electron chi connectivity index (χ4n) is 2.55. The first-order chi connectivity index (χ1) is 8.46. The van der Waals surface area contributed by atoms with E-state index in [2.05, 4.69) is 15.9 Å². The van der Waals surface area contributed by atoms with Gasteiger partial charge in [0.05, 0.1) is 12.1 Å². The molecule has 0 aliphatic carbocycles. The first-order valence-electron chi connectivity index (χ1n) is 6.16. The van der Waals surface area contributed by atoms with Gasteiger partial charge in [-0.1, -0.05) is 15.9 Å². The summed E-state index contributed by atoms with van der Waals surface area (Å²) in [5.74, 6) is 0.00782. The Bertz CT molecular complexity index is 455. The van der Waals surface area contributed by atoms with Gasteiger partial charge in [0.25, 0.3) is 5.91 Å². The van der Waals surface area contributed by atoms with Crippen LogP contribution < -0.4 is 0 Å². The molecule has 2 rings (SSSR count). The average Bonchev–Trinajstić information content (AvgIpc) is 2.70. The minimum absolute atomic E-state index is 0.00782. The Morgan fingerprint density at radius 3 is 2.83 bits per heavy atom. The Kier molecular flexibility index (Phi) is 3.78. The van der Waals surface area contributed by atoms with Crippen molar-refractivity contribution in [2.24, 2.45) is 0 Å². The van der Waals surface area contributed by atoms with Crippen molar-refractivity contribution in [3.05, 3.63) is 33.8 Å². The molecule has 98 valence electrons. The molecule has 1 saturated heterocycles. The Balaban J connectivity index is 2.31. The number of nitrogens with zero attached hydrogens (tertiary/aromatic N) is 1. The van der Waals surface area contributed by atoms with Gasteiger partial charge in [-0.3, -0.25) is 4.79 Å². The largest absolute Gasteiger partial charge is 0.394 e. The van der Waals surface area contributed by atoms with Crippen molar-refractivity contribution in [1.29, 1.82) is 0 Å². The molecule has 1 atom stereocenters. The number of aliphatic hydroxyl groups excluding tert-OH is 1. The molecular formula is C14H18BrNO2. The fraction of sp³-hybridized carbons (Fsp3) is 0.500. The minimum atomic E-state index is -0.409. The normalized spacial score (nSPS) is 23.4. The molecule has 1 amide bonds. The summed E-state index contributed by atoms with van der Waals surface area (Å²) in [6.45, 7) is 4.66. The summed E-state index contributed by atoms with van der Waals surface area (Å²) in [5, 5.41) is 9.50. The molecule has 1 aliphatic rings. The summed E-state index contributed by atoms with van der Waals surface area (Å²) in [4.78, 5) is 14.3. The summed E-state index contributed by atoms with van der Waals surface area (Å²) in [5.41, 5.74) is 1.33. The average molecular weight is 312 g/mol. The number of rotatable bonds is 2. The molecule has 1 fully saturated rings. The molecule has 1 heterocycles. The first-order valence-corrected chi connectivity index (χ1v) is 6.95. The second kappa shape index (κ2) is 5.02. The van der Waals surface area contributed by atoms with Gasteiger partial charge < -0.3 is 10.0 Å². The maximum Gasteiger partial charge on any atom is 0.254 e. The zero-order valence-corrected chi connectivity index (χ0v) is 12.3. The second-order valence-electron chi connectivity index (χ2n) is 5.23. The molecule has 0 aromatic heterocycles. The predicted molar refractivity (Wildman–Crippen MR) is 74.6 cm³/mol. The van der Waals surface area contributed by atoms with Gasteiger partial charge in [0, 0.05) is 16.6 Å². The molecule has 4 heteroatoms. The van der Waals surface area contributed by atoms with E-state index in [1.54, 1.807) is 4.90 Å². The first kappa shape index (κ1) is 13.6. The highest BCUT2D eigenvalue weighted by Crippen LogP contribution is 2.30. The van der Waals surface area contributed by atoms with E-state index >= 15 is 0 Å². The Labute approximate surface area is 116 Å². The number of aliphatic hydroxyl groups is 1. The third-order valence-corrected chi connectivity index (χ3v) is 4.08. The molecule has 0 bridgehead atoms. The highest BCUT2D eigenvalue weighted by Gasteiger charge is 2.39. The fourth-order valence-corrected chi connectivity index (χ4v) is 3.16. The number of amides is 1. The van der Waals surface area contributed by atoms with Gasteiger partial charge in [-0.05, 0) is 50.5 Å². The van der Waals surface area contributed by atoms with Crippen molar-refractivity contribution in [1.82, 2.24) is 4.90 Å². The van der Waals surface area contributed by atoms with E-state index in [-0.39, 0.29) is 12.5 Å². The molecule has 3 nitrogen and oxygen atoms in total.